The number of likely N-dealkylation sites (N-methyl/N-ethyl adjacent to an activating group) is 1. The van der Waals surface area contributed by atoms with Crippen LogP contribution in [0.5, 0.6) is 0 Å². The Kier molecular flexibility index (Phi) is 2.81. The highest BCUT2D eigenvalue weighted by atomic mass is 16.7. The van der Waals surface area contributed by atoms with E-state index in [2.05, 4.69) is 15.3 Å². The van der Waals surface area contributed by atoms with Crippen LogP contribution >= 0.6 is 0 Å². The largest absolute Gasteiger partial charge is 0.347 e. The van der Waals surface area contributed by atoms with Crippen LogP contribution < -0.4 is 5.32 Å². The molecule has 5 heteroatoms. The first-order valence-electron chi connectivity index (χ1n) is 4.79. The number of nitrogens with zero attached hydrogens (tertiary/aromatic N) is 2. The summed E-state index contributed by atoms with van der Waals surface area (Å²) in [5, 5.41) is 5.26. The first-order chi connectivity index (χ1) is 6.79. The number of hydroxylamine groups is 2. The molecule has 0 aliphatic carbocycles. The highest BCUT2D eigenvalue weighted by Crippen LogP contribution is 2.12. The van der Waals surface area contributed by atoms with Gasteiger partial charge in [-0.25, -0.2) is 4.98 Å². The highest BCUT2D eigenvalue weighted by Gasteiger charge is 2.20. The van der Waals surface area contributed by atoms with Crippen LogP contribution in [-0.4, -0.2) is 41.8 Å². The van der Waals surface area contributed by atoms with E-state index in [1.54, 1.807) is 13.4 Å². The number of H-pyrrole nitrogens is 1. The van der Waals surface area contributed by atoms with Gasteiger partial charge in [0.05, 0.1) is 24.8 Å². The maximum absolute atomic E-state index is 5.09. The zero-order chi connectivity index (χ0) is 9.97. The number of rotatable bonds is 3. The molecule has 0 spiro atoms. The summed E-state index contributed by atoms with van der Waals surface area (Å²) in [6.45, 7) is 1.75. The molecule has 5 nitrogen and oxygen atoms in total. The molecule has 1 aliphatic rings. The van der Waals surface area contributed by atoms with E-state index in [-0.39, 0.29) is 0 Å². The van der Waals surface area contributed by atoms with Gasteiger partial charge in [-0.2, -0.15) is 5.06 Å². The lowest BCUT2D eigenvalue weighted by Gasteiger charge is -2.26. The Morgan fingerprint density at radius 1 is 1.71 bits per heavy atom. The van der Waals surface area contributed by atoms with Gasteiger partial charge in [0.15, 0.2) is 0 Å². The molecule has 0 aromatic carbocycles. The van der Waals surface area contributed by atoms with E-state index in [1.165, 1.54) is 11.4 Å². The van der Waals surface area contributed by atoms with Gasteiger partial charge in [-0.1, -0.05) is 0 Å². The molecular formula is C9H16N4O. The summed E-state index contributed by atoms with van der Waals surface area (Å²) in [5.74, 6) is 0. The van der Waals surface area contributed by atoms with Gasteiger partial charge in [-0.05, 0) is 0 Å². The average molecular weight is 196 g/mol. The van der Waals surface area contributed by atoms with Crippen LogP contribution in [0.1, 0.15) is 11.4 Å². The van der Waals surface area contributed by atoms with Crippen molar-refractivity contribution in [2.24, 2.45) is 0 Å². The van der Waals surface area contributed by atoms with E-state index >= 15 is 0 Å². The van der Waals surface area contributed by atoms with E-state index in [4.69, 9.17) is 4.84 Å². The molecule has 2 N–H and O–H groups in total. The zero-order valence-electron chi connectivity index (χ0n) is 8.58. The van der Waals surface area contributed by atoms with Gasteiger partial charge in [0.1, 0.15) is 0 Å². The Morgan fingerprint density at radius 2 is 2.57 bits per heavy atom. The maximum Gasteiger partial charge on any atom is 0.0925 e. The van der Waals surface area contributed by atoms with Crippen molar-refractivity contribution in [3.8, 4) is 0 Å². The van der Waals surface area contributed by atoms with Crippen molar-refractivity contribution in [1.29, 1.82) is 0 Å². The molecule has 0 fully saturated rings. The second-order valence-corrected chi connectivity index (χ2v) is 3.60. The second-order valence-electron chi connectivity index (χ2n) is 3.60. The number of fused-ring (bicyclic) bond motifs is 1. The average Bonchev–Trinajstić information content (AvgIpc) is 2.64. The number of aromatic amines is 1. The fourth-order valence-corrected chi connectivity index (χ4v) is 1.74. The minimum Gasteiger partial charge on any atom is -0.347 e. The Hall–Kier alpha value is -0.910. The summed E-state index contributed by atoms with van der Waals surface area (Å²) < 4.78 is 0. The minimum absolute atomic E-state index is 0.427. The molecule has 2 rings (SSSR count). The Labute approximate surface area is 83.4 Å². The minimum atomic E-state index is 0.427. The molecule has 0 radical (unpaired) electrons. The Bertz CT molecular complexity index is 299. The van der Waals surface area contributed by atoms with Crippen LogP contribution in [-0.2, 0) is 17.8 Å². The number of imidazole rings is 1. The summed E-state index contributed by atoms with van der Waals surface area (Å²) in [6, 6.07) is 0.427. The van der Waals surface area contributed by atoms with E-state index < -0.39 is 0 Å². The molecular weight excluding hydrogens is 180 g/mol. The van der Waals surface area contributed by atoms with Crippen molar-refractivity contribution in [3.63, 3.8) is 0 Å². The predicted octanol–water partition coefficient (Wildman–Crippen LogP) is -0.0828. The van der Waals surface area contributed by atoms with Crippen LogP contribution in [0, 0.1) is 0 Å². The van der Waals surface area contributed by atoms with Crippen LogP contribution in [0.4, 0.5) is 0 Å². The topological polar surface area (TPSA) is 53.2 Å². The quantitative estimate of drug-likeness (QED) is 0.664. The Balaban J connectivity index is 1.94. The van der Waals surface area contributed by atoms with Crippen molar-refractivity contribution in [2.45, 2.75) is 19.0 Å². The number of hydrogen-bond acceptors (Lipinski definition) is 4. The summed E-state index contributed by atoms with van der Waals surface area (Å²) in [7, 11) is 3.62. The van der Waals surface area contributed by atoms with Crippen molar-refractivity contribution in [3.05, 3.63) is 17.7 Å². The molecule has 0 amide bonds. The third-order valence-electron chi connectivity index (χ3n) is 2.60. The maximum atomic E-state index is 5.09. The Morgan fingerprint density at radius 3 is 3.36 bits per heavy atom. The van der Waals surface area contributed by atoms with Gasteiger partial charge in [0.2, 0.25) is 0 Å². The van der Waals surface area contributed by atoms with Crippen LogP contribution in [0.2, 0.25) is 0 Å². The molecule has 1 aliphatic heterocycles. The van der Waals surface area contributed by atoms with Gasteiger partial charge < -0.3 is 15.1 Å². The SMILES string of the molecule is CON(C)CC1Cc2nc[nH]c2CN1. The molecule has 0 saturated heterocycles. The third-order valence-corrected chi connectivity index (χ3v) is 2.60. The van der Waals surface area contributed by atoms with E-state index in [0.717, 1.165) is 19.5 Å². The summed E-state index contributed by atoms with van der Waals surface area (Å²) in [4.78, 5) is 12.5. The number of nitrogens with one attached hydrogen (secondary N) is 2. The second kappa shape index (κ2) is 4.08. The van der Waals surface area contributed by atoms with Crippen LogP contribution in [0.3, 0.4) is 0 Å². The van der Waals surface area contributed by atoms with E-state index in [1.807, 2.05) is 12.1 Å². The van der Waals surface area contributed by atoms with Gasteiger partial charge in [-0.3, -0.25) is 0 Å². The van der Waals surface area contributed by atoms with Crippen molar-refractivity contribution < 1.29 is 4.84 Å². The van der Waals surface area contributed by atoms with Crippen LogP contribution in [0.25, 0.3) is 0 Å². The molecule has 1 unspecified atom stereocenters. The van der Waals surface area contributed by atoms with Crippen molar-refractivity contribution >= 4 is 0 Å². The lowest BCUT2D eigenvalue weighted by molar-refractivity contribution is -0.114. The van der Waals surface area contributed by atoms with E-state index in [9.17, 15) is 0 Å². The molecule has 14 heavy (non-hydrogen) atoms. The predicted molar refractivity (Wildman–Crippen MR) is 52.6 cm³/mol. The van der Waals surface area contributed by atoms with Crippen molar-refractivity contribution in [1.82, 2.24) is 20.3 Å². The highest BCUT2D eigenvalue weighted by molar-refractivity contribution is 5.15. The van der Waals surface area contributed by atoms with E-state index in [0.29, 0.717) is 6.04 Å². The number of hydrogen-bond donors (Lipinski definition) is 2. The number of aromatic nitrogens is 2. The molecule has 0 bridgehead atoms. The van der Waals surface area contributed by atoms with Gasteiger partial charge in [-0.15, -0.1) is 0 Å². The molecule has 1 aromatic heterocycles. The fourth-order valence-electron chi connectivity index (χ4n) is 1.74. The molecule has 1 atom stereocenters. The first-order valence-corrected chi connectivity index (χ1v) is 4.79. The lowest BCUT2D eigenvalue weighted by atomic mass is 10.1. The van der Waals surface area contributed by atoms with Crippen molar-refractivity contribution in [2.75, 3.05) is 20.7 Å². The molecule has 2 heterocycles. The van der Waals surface area contributed by atoms with Crippen LogP contribution in [0.15, 0.2) is 6.33 Å². The zero-order valence-corrected chi connectivity index (χ0v) is 8.58. The third kappa shape index (κ3) is 1.95. The molecule has 78 valence electrons. The van der Waals surface area contributed by atoms with Gasteiger partial charge in [0.25, 0.3) is 0 Å². The standard InChI is InChI=1S/C9H16N4O/c1-13(14-2)5-7-3-8-9(4-10-7)12-6-11-8/h6-7,10H,3-5H2,1-2H3,(H,11,12). The fraction of sp³-hybridized carbons (Fsp3) is 0.667. The lowest BCUT2D eigenvalue weighted by Crippen LogP contribution is -2.43. The smallest absolute Gasteiger partial charge is 0.0925 e. The monoisotopic (exact) mass is 196 g/mol. The summed E-state index contributed by atoms with van der Waals surface area (Å²) in [6.07, 6.45) is 2.72. The molecule has 1 aromatic rings. The summed E-state index contributed by atoms with van der Waals surface area (Å²) in [5.41, 5.74) is 2.39. The van der Waals surface area contributed by atoms with Gasteiger partial charge >= 0.3 is 0 Å². The molecule has 0 saturated carbocycles. The normalized spacial score (nSPS) is 21.2. The van der Waals surface area contributed by atoms with Gasteiger partial charge in [0, 0.05) is 32.6 Å². The first kappa shape index (κ1) is 9.64. The summed E-state index contributed by atoms with van der Waals surface area (Å²) >= 11 is 0.